The van der Waals surface area contributed by atoms with E-state index in [0.717, 1.165) is 17.0 Å². The van der Waals surface area contributed by atoms with Crippen LogP contribution in [0.4, 0.5) is 5.69 Å². The summed E-state index contributed by atoms with van der Waals surface area (Å²) in [4.78, 5) is 11.5. The first-order chi connectivity index (χ1) is 9.74. The standard InChI is InChI=1S/C16H17NO3/c1-19-15-9-4-3-8-14(15)17-11-12-6-5-7-13(10-12)16(18)20-2/h3-10,17H,11H2,1-2H3. The van der Waals surface area contributed by atoms with Crippen LogP contribution in [-0.4, -0.2) is 20.2 Å². The van der Waals surface area contributed by atoms with Crippen LogP contribution in [-0.2, 0) is 11.3 Å². The van der Waals surface area contributed by atoms with E-state index < -0.39 is 0 Å². The maximum Gasteiger partial charge on any atom is 0.337 e. The molecule has 0 radical (unpaired) electrons. The van der Waals surface area contributed by atoms with Crippen molar-refractivity contribution in [3.8, 4) is 5.75 Å². The Morgan fingerprint density at radius 3 is 2.65 bits per heavy atom. The van der Waals surface area contributed by atoms with Crippen molar-refractivity contribution in [3.05, 3.63) is 59.7 Å². The lowest BCUT2D eigenvalue weighted by Gasteiger charge is -2.11. The molecular formula is C16H17NO3. The van der Waals surface area contributed by atoms with Gasteiger partial charge in [-0.3, -0.25) is 0 Å². The molecule has 0 aliphatic carbocycles. The monoisotopic (exact) mass is 271 g/mol. The molecular weight excluding hydrogens is 254 g/mol. The number of nitrogens with one attached hydrogen (secondary N) is 1. The number of carbonyl (C=O) groups is 1. The lowest BCUT2D eigenvalue weighted by atomic mass is 10.1. The highest BCUT2D eigenvalue weighted by Crippen LogP contribution is 2.23. The van der Waals surface area contributed by atoms with E-state index in [0.29, 0.717) is 12.1 Å². The second-order valence-electron chi connectivity index (χ2n) is 4.25. The van der Waals surface area contributed by atoms with Gasteiger partial charge in [-0.15, -0.1) is 0 Å². The van der Waals surface area contributed by atoms with Crippen molar-refractivity contribution in [2.24, 2.45) is 0 Å². The van der Waals surface area contributed by atoms with E-state index in [1.54, 1.807) is 13.2 Å². The Kier molecular flexibility index (Phi) is 4.60. The Bertz CT molecular complexity index is 596. The quantitative estimate of drug-likeness (QED) is 0.849. The van der Waals surface area contributed by atoms with Gasteiger partial charge in [0.15, 0.2) is 0 Å². The van der Waals surface area contributed by atoms with E-state index in [1.807, 2.05) is 42.5 Å². The van der Waals surface area contributed by atoms with Gasteiger partial charge in [0.05, 0.1) is 25.5 Å². The number of hydrogen-bond donors (Lipinski definition) is 1. The van der Waals surface area contributed by atoms with Crippen molar-refractivity contribution in [1.82, 2.24) is 0 Å². The van der Waals surface area contributed by atoms with Gasteiger partial charge >= 0.3 is 5.97 Å². The Balaban J connectivity index is 2.09. The molecule has 0 saturated carbocycles. The fourth-order valence-corrected chi connectivity index (χ4v) is 1.91. The van der Waals surface area contributed by atoms with Crippen LogP contribution in [0.1, 0.15) is 15.9 Å². The minimum Gasteiger partial charge on any atom is -0.495 e. The van der Waals surface area contributed by atoms with Gasteiger partial charge < -0.3 is 14.8 Å². The van der Waals surface area contributed by atoms with E-state index in [4.69, 9.17) is 9.47 Å². The summed E-state index contributed by atoms with van der Waals surface area (Å²) in [5.74, 6) is 0.459. The number of hydrogen-bond acceptors (Lipinski definition) is 4. The molecule has 2 aromatic carbocycles. The van der Waals surface area contributed by atoms with Crippen LogP contribution in [0.15, 0.2) is 48.5 Å². The number of anilines is 1. The molecule has 0 aliphatic heterocycles. The third kappa shape index (κ3) is 3.29. The van der Waals surface area contributed by atoms with E-state index in [2.05, 4.69) is 5.32 Å². The fourth-order valence-electron chi connectivity index (χ4n) is 1.91. The van der Waals surface area contributed by atoms with Crippen LogP contribution < -0.4 is 10.1 Å². The molecule has 0 aromatic heterocycles. The third-order valence-electron chi connectivity index (χ3n) is 2.94. The van der Waals surface area contributed by atoms with Crippen molar-refractivity contribution < 1.29 is 14.3 Å². The normalized spacial score (nSPS) is 9.90. The second kappa shape index (κ2) is 6.61. The van der Waals surface area contributed by atoms with Crippen molar-refractivity contribution >= 4 is 11.7 Å². The molecule has 0 fully saturated rings. The molecule has 2 aromatic rings. The average Bonchev–Trinajstić information content (AvgIpc) is 2.52. The van der Waals surface area contributed by atoms with E-state index >= 15 is 0 Å². The summed E-state index contributed by atoms with van der Waals surface area (Å²) in [6.07, 6.45) is 0. The lowest BCUT2D eigenvalue weighted by Crippen LogP contribution is -2.04. The highest BCUT2D eigenvalue weighted by molar-refractivity contribution is 5.89. The van der Waals surface area contributed by atoms with E-state index in [1.165, 1.54) is 7.11 Å². The largest absolute Gasteiger partial charge is 0.495 e. The number of para-hydroxylation sites is 2. The first kappa shape index (κ1) is 13.9. The molecule has 0 heterocycles. The number of ether oxygens (including phenoxy) is 2. The number of esters is 1. The highest BCUT2D eigenvalue weighted by atomic mass is 16.5. The summed E-state index contributed by atoms with van der Waals surface area (Å²) >= 11 is 0. The topological polar surface area (TPSA) is 47.6 Å². The second-order valence-corrected chi connectivity index (χ2v) is 4.25. The molecule has 104 valence electrons. The van der Waals surface area contributed by atoms with E-state index in [9.17, 15) is 4.79 Å². The first-order valence-electron chi connectivity index (χ1n) is 6.28. The first-order valence-corrected chi connectivity index (χ1v) is 6.28. The van der Waals surface area contributed by atoms with Crippen LogP contribution in [0.25, 0.3) is 0 Å². The average molecular weight is 271 g/mol. The Hall–Kier alpha value is -2.49. The zero-order valence-electron chi connectivity index (χ0n) is 11.6. The Morgan fingerprint density at radius 1 is 1.10 bits per heavy atom. The van der Waals surface area contributed by atoms with Gasteiger partial charge in [0.1, 0.15) is 5.75 Å². The maximum atomic E-state index is 11.5. The van der Waals surface area contributed by atoms with Gasteiger partial charge in [-0.05, 0) is 29.8 Å². The number of methoxy groups -OCH3 is 2. The maximum absolute atomic E-state index is 11.5. The van der Waals surface area contributed by atoms with E-state index in [-0.39, 0.29) is 5.97 Å². The summed E-state index contributed by atoms with van der Waals surface area (Å²) in [6, 6.07) is 15.0. The molecule has 0 bridgehead atoms. The minimum absolute atomic E-state index is 0.329. The Labute approximate surface area is 118 Å². The van der Waals surface area contributed by atoms with Crippen LogP contribution in [0, 0.1) is 0 Å². The van der Waals surface area contributed by atoms with Crippen molar-refractivity contribution in [1.29, 1.82) is 0 Å². The van der Waals surface area contributed by atoms with Crippen LogP contribution >= 0.6 is 0 Å². The van der Waals surface area contributed by atoms with Crippen molar-refractivity contribution in [2.45, 2.75) is 6.54 Å². The smallest absolute Gasteiger partial charge is 0.337 e. The molecule has 0 aliphatic rings. The van der Waals surface area contributed by atoms with Gasteiger partial charge in [-0.1, -0.05) is 24.3 Å². The third-order valence-corrected chi connectivity index (χ3v) is 2.94. The fraction of sp³-hybridized carbons (Fsp3) is 0.188. The van der Waals surface area contributed by atoms with Crippen molar-refractivity contribution in [3.63, 3.8) is 0 Å². The molecule has 0 saturated heterocycles. The number of benzene rings is 2. The highest BCUT2D eigenvalue weighted by Gasteiger charge is 2.06. The molecule has 20 heavy (non-hydrogen) atoms. The number of rotatable bonds is 5. The van der Waals surface area contributed by atoms with Gasteiger partial charge in [-0.2, -0.15) is 0 Å². The van der Waals surface area contributed by atoms with Crippen LogP contribution in [0.3, 0.4) is 0 Å². The summed E-state index contributed by atoms with van der Waals surface area (Å²) in [5, 5.41) is 3.29. The summed E-state index contributed by atoms with van der Waals surface area (Å²) in [5.41, 5.74) is 2.46. The SMILES string of the molecule is COC(=O)c1cccc(CNc2ccccc2OC)c1. The van der Waals surface area contributed by atoms with Gasteiger partial charge in [0, 0.05) is 6.54 Å². The zero-order chi connectivity index (χ0) is 14.4. The summed E-state index contributed by atoms with van der Waals surface area (Å²) in [7, 11) is 3.01. The lowest BCUT2D eigenvalue weighted by molar-refractivity contribution is 0.0600. The predicted molar refractivity (Wildman–Crippen MR) is 78.1 cm³/mol. The molecule has 1 N–H and O–H groups in total. The van der Waals surface area contributed by atoms with Gasteiger partial charge in [0.25, 0.3) is 0 Å². The van der Waals surface area contributed by atoms with Gasteiger partial charge in [0.2, 0.25) is 0 Å². The van der Waals surface area contributed by atoms with Gasteiger partial charge in [-0.25, -0.2) is 4.79 Å². The van der Waals surface area contributed by atoms with Crippen LogP contribution in [0.5, 0.6) is 5.75 Å². The molecule has 2 rings (SSSR count). The zero-order valence-corrected chi connectivity index (χ0v) is 11.6. The summed E-state index contributed by atoms with van der Waals surface area (Å²) in [6.45, 7) is 0.602. The van der Waals surface area contributed by atoms with Crippen LogP contribution in [0.2, 0.25) is 0 Å². The van der Waals surface area contributed by atoms with Crippen molar-refractivity contribution in [2.75, 3.05) is 19.5 Å². The molecule has 0 atom stereocenters. The molecule has 4 nitrogen and oxygen atoms in total. The molecule has 0 amide bonds. The molecule has 0 spiro atoms. The minimum atomic E-state index is -0.329. The summed E-state index contributed by atoms with van der Waals surface area (Å²) < 4.78 is 9.99. The molecule has 4 heteroatoms. The number of carbonyl (C=O) groups excluding carboxylic acids is 1. The molecule has 0 unspecified atom stereocenters. The predicted octanol–water partition coefficient (Wildman–Crippen LogP) is 3.09. The Morgan fingerprint density at radius 2 is 1.90 bits per heavy atom.